The van der Waals surface area contributed by atoms with Gasteiger partial charge in [0.25, 0.3) is 15.0 Å². The van der Waals surface area contributed by atoms with E-state index in [-0.39, 0.29) is 22.5 Å². The first-order valence-electron chi connectivity index (χ1n) is 6.13. The predicted molar refractivity (Wildman–Crippen MR) is 76.5 cm³/mol. The molecule has 1 aromatic heterocycles. The molecule has 1 aromatic rings. The summed E-state index contributed by atoms with van der Waals surface area (Å²) in [6, 6.07) is 1.18. The van der Waals surface area contributed by atoms with Crippen molar-refractivity contribution in [3.05, 3.63) is 18.0 Å². The quantitative estimate of drug-likeness (QED) is 0.743. The molecule has 0 aromatic carbocycles. The summed E-state index contributed by atoms with van der Waals surface area (Å²) in [5.41, 5.74) is 0.272. The van der Waals surface area contributed by atoms with Gasteiger partial charge in [-0.15, -0.1) is 0 Å². The molecule has 8 heteroatoms. The number of likely N-dealkylation sites (N-methyl/N-ethyl adjacent to an activating group) is 1. The lowest BCUT2D eigenvalue weighted by Crippen LogP contribution is -2.41. The molecule has 0 saturated carbocycles. The summed E-state index contributed by atoms with van der Waals surface area (Å²) in [7, 11) is 4.61. The van der Waals surface area contributed by atoms with Crippen molar-refractivity contribution < 1.29 is 17.9 Å². The zero-order valence-corrected chi connectivity index (χ0v) is 13.5. The molecule has 0 fully saturated rings. The Hall–Kier alpha value is -1.05. The van der Waals surface area contributed by atoms with Crippen LogP contribution in [-0.2, 0) is 20.8 Å². The Bertz CT molecular complexity index is 582. The van der Waals surface area contributed by atoms with Gasteiger partial charge < -0.3 is 14.2 Å². The molecular weight excluding hydrogens is 304 g/mol. The molecule has 1 amide bonds. The number of halogens is 1. The highest BCUT2D eigenvalue weighted by Gasteiger charge is 2.24. The number of nitrogens with zero attached hydrogens (tertiary/aromatic N) is 2. The monoisotopic (exact) mass is 322 g/mol. The summed E-state index contributed by atoms with van der Waals surface area (Å²) in [5.74, 6) is -0.258. The van der Waals surface area contributed by atoms with Crippen molar-refractivity contribution >= 4 is 25.6 Å². The summed E-state index contributed by atoms with van der Waals surface area (Å²) >= 11 is 0. The highest BCUT2D eigenvalue weighted by molar-refractivity contribution is 8.13. The zero-order chi connectivity index (χ0) is 15.5. The van der Waals surface area contributed by atoms with Gasteiger partial charge in [-0.1, -0.05) is 0 Å². The summed E-state index contributed by atoms with van der Waals surface area (Å²) in [4.78, 5) is 14.0. The van der Waals surface area contributed by atoms with Crippen molar-refractivity contribution in [1.29, 1.82) is 0 Å². The molecule has 1 heterocycles. The van der Waals surface area contributed by atoms with Crippen molar-refractivity contribution in [3.8, 4) is 0 Å². The first kappa shape index (κ1) is 17.0. The number of rotatable bonds is 6. The second kappa shape index (κ2) is 6.60. The third-order valence-corrected chi connectivity index (χ3v) is 4.34. The number of hydrogen-bond donors (Lipinski definition) is 0. The summed E-state index contributed by atoms with van der Waals surface area (Å²) in [5, 5.41) is 0. The van der Waals surface area contributed by atoms with Crippen molar-refractivity contribution in [3.63, 3.8) is 0 Å². The van der Waals surface area contributed by atoms with E-state index in [1.165, 1.54) is 16.8 Å². The maximum Gasteiger partial charge on any atom is 0.270 e. The average molecular weight is 323 g/mol. The molecule has 0 N–H and O–H groups in total. The molecular formula is C12H19ClN2O4S. The van der Waals surface area contributed by atoms with Gasteiger partial charge in [-0.3, -0.25) is 4.79 Å². The molecule has 6 nitrogen and oxygen atoms in total. The smallest absolute Gasteiger partial charge is 0.270 e. The van der Waals surface area contributed by atoms with Gasteiger partial charge in [0.05, 0.1) is 12.6 Å². The van der Waals surface area contributed by atoms with E-state index >= 15 is 0 Å². The molecule has 0 radical (unpaired) electrons. The first-order valence-corrected chi connectivity index (χ1v) is 8.44. The van der Waals surface area contributed by atoms with Gasteiger partial charge in [0.2, 0.25) is 0 Å². The minimum atomic E-state index is -3.84. The Morgan fingerprint density at radius 3 is 2.55 bits per heavy atom. The van der Waals surface area contributed by atoms with Gasteiger partial charge >= 0.3 is 0 Å². The van der Waals surface area contributed by atoms with Gasteiger partial charge in [-0.25, -0.2) is 8.42 Å². The van der Waals surface area contributed by atoms with Crippen LogP contribution in [0.2, 0.25) is 0 Å². The number of ether oxygens (including phenoxy) is 1. The standard InChI is InChI=1S/C12H19ClN2O4S/c1-5-15(9(2)8-19-4)12(16)11-6-10(7-14(11)3)20(13,17)18/h6-7,9H,5,8H2,1-4H3. The van der Waals surface area contributed by atoms with E-state index in [1.54, 1.807) is 19.1 Å². The van der Waals surface area contributed by atoms with Crippen LogP contribution in [0.1, 0.15) is 24.3 Å². The van der Waals surface area contributed by atoms with Gasteiger partial charge in [0, 0.05) is 37.6 Å². The maximum absolute atomic E-state index is 12.5. The number of aromatic nitrogens is 1. The van der Waals surface area contributed by atoms with Gasteiger partial charge in [-0.2, -0.15) is 0 Å². The number of methoxy groups -OCH3 is 1. The van der Waals surface area contributed by atoms with Crippen LogP contribution in [-0.4, -0.2) is 50.1 Å². The number of carbonyl (C=O) groups is 1. The van der Waals surface area contributed by atoms with E-state index < -0.39 is 9.05 Å². The second-order valence-electron chi connectivity index (χ2n) is 4.51. The fourth-order valence-corrected chi connectivity index (χ4v) is 2.80. The minimum absolute atomic E-state index is 0.0829. The van der Waals surface area contributed by atoms with Gasteiger partial charge in [0.15, 0.2) is 0 Å². The van der Waals surface area contributed by atoms with Crippen LogP contribution in [0.25, 0.3) is 0 Å². The molecule has 0 aliphatic carbocycles. The van der Waals surface area contributed by atoms with Crippen LogP contribution < -0.4 is 0 Å². The maximum atomic E-state index is 12.5. The van der Waals surface area contributed by atoms with Gasteiger partial charge in [-0.05, 0) is 19.9 Å². The molecule has 0 saturated heterocycles. The van der Waals surface area contributed by atoms with Crippen molar-refractivity contribution in [1.82, 2.24) is 9.47 Å². The minimum Gasteiger partial charge on any atom is -0.383 e. The second-order valence-corrected chi connectivity index (χ2v) is 7.07. The van der Waals surface area contributed by atoms with Crippen molar-refractivity contribution in [2.24, 2.45) is 7.05 Å². The van der Waals surface area contributed by atoms with Crippen LogP contribution in [0.3, 0.4) is 0 Å². The Morgan fingerprint density at radius 1 is 1.55 bits per heavy atom. The first-order chi connectivity index (χ1) is 9.22. The summed E-state index contributed by atoms with van der Waals surface area (Å²) < 4.78 is 29.1. The summed E-state index contributed by atoms with van der Waals surface area (Å²) in [6.07, 6.45) is 1.32. The number of carbonyl (C=O) groups excluding carboxylic acids is 1. The van der Waals surface area contributed by atoms with Crippen LogP contribution >= 0.6 is 10.7 Å². The SMILES string of the molecule is CCN(C(=O)c1cc(S(=O)(=O)Cl)cn1C)C(C)COC. The number of amides is 1. The van der Waals surface area contributed by atoms with Crippen LogP contribution in [0.4, 0.5) is 0 Å². The predicted octanol–water partition coefficient (Wildman–Crippen LogP) is 1.45. The van der Waals surface area contributed by atoms with Crippen molar-refractivity contribution in [2.75, 3.05) is 20.3 Å². The largest absolute Gasteiger partial charge is 0.383 e. The fourth-order valence-electron chi connectivity index (χ4n) is 2.01. The number of hydrogen-bond acceptors (Lipinski definition) is 4. The lowest BCUT2D eigenvalue weighted by molar-refractivity contribution is 0.0570. The molecule has 1 atom stereocenters. The highest BCUT2D eigenvalue weighted by Crippen LogP contribution is 2.19. The number of aryl methyl sites for hydroxylation is 1. The van der Waals surface area contributed by atoms with Crippen molar-refractivity contribution in [2.45, 2.75) is 24.8 Å². The lowest BCUT2D eigenvalue weighted by atomic mass is 10.2. The Balaban J connectivity index is 3.10. The van der Waals surface area contributed by atoms with Crippen LogP contribution in [0.5, 0.6) is 0 Å². The van der Waals surface area contributed by atoms with E-state index in [9.17, 15) is 13.2 Å². The van der Waals surface area contributed by atoms with E-state index in [4.69, 9.17) is 15.4 Å². The fraction of sp³-hybridized carbons (Fsp3) is 0.583. The zero-order valence-electron chi connectivity index (χ0n) is 12.0. The van der Waals surface area contributed by atoms with Crippen LogP contribution in [0, 0.1) is 0 Å². The van der Waals surface area contributed by atoms with E-state index in [0.717, 1.165) is 0 Å². The topological polar surface area (TPSA) is 68.6 Å². The molecule has 1 rings (SSSR count). The molecule has 20 heavy (non-hydrogen) atoms. The normalized spacial score (nSPS) is 13.2. The van der Waals surface area contributed by atoms with Crippen LogP contribution in [0.15, 0.2) is 17.2 Å². The molecule has 1 unspecified atom stereocenters. The lowest BCUT2D eigenvalue weighted by Gasteiger charge is -2.27. The third kappa shape index (κ3) is 3.74. The van der Waals surface area contributed by atoms with E-state index in [1.807, 2.05) is 13.8 Å². The highest BCUT2D eigenvalue weighted by atomic mass is 35.7. The van der Waals surface area contributed by atoms with E-state index in [2.05, 4.69) is 0 Å². The third-order valence-electron chi connectivity index (χ3n) is 3.02. The molecule has 0 bridgehead atoms. The summed E-state index contributed by atoms with van der Waals surface area (Å²) in [6.45, 7) is 4.63. The Labute approximate surface area is 123 Å². The molecule has 114 valence electrons. The average Bonchev–Trinajstić information content (AvgIpc) is 2.72. The molecule has 0 aliphatic heterocycles. The van der Waals surface area contributed by atoms with Gasteiger partial charge in [0.1, 0.15) is 10.6 Å². The Morgan fingerprint density at radius 2 is 2.15 bits per heavy atom. The van der Waals surface area contributed by atoms with E-state index in [0.29, 0.717) is 13.2 Å². The Kier molecular flexibility index (Phi) is 5.61. The molecule has 0 aliphatic rings. The molecule has 0 spiro atoms.